The predicted molar refractivity (Wildman–Crippen MR) is 87.6 cm³/mol. The lowest BCUT2D eigenvalue weighted by Gasteiger charge is -2.34. The standard InChI is InChI=1S/C17H20FN3O4/c1-2-24-17(23)21-9-7-20(8-10-21)16(22)15-11-14(19-25-15)12-5-3-4-6-13(12)18/h3-6,15H,2,7-11H2,1H3/t15-/m1/s1. The third-order valence-corrected chi connectivity index (χ3v) is 4.25. The van der Waals surface area contributed by atoms with Gasteiger partial charge in [-0.15, -0.1) is 0 Å². The molecule has 2 heterocycles. The molecule has 1 aromatic carbocycles. The number of hydrogen-bond donors (Lipinski definition) is 0. The Morgan fingerprint density at radius 1 is 1.24 bits per heavy atom. The highest BCUT2D eigenvalue weighted by molar-refractivity contribution is 6.04. The summed E-state index contributed by atoms with van der Waals surface area (Å²) >= 11 is 0. The number of hydrogen-bond acceptors (Lipinski definition) is 5. The molecule has 25 heavy (non-hydrogen) atoms. The molecule has 8 heteroatoms. The number of carbonyl (C=O) groups is 2. The lowest BCUT2D eigenvalue weighted by atomic mass is 10.0. The molecule has 7 nitrogen and oxygen atoms in total. The van der Waals surface area contributed by atoms with Gasteiger partial charge in [0.25, 0.3) is 5.91 Å². The molecule has 3 rings (SSSR count). The first-order valence-electron chi connectivity index (χ1n) is 8.28. The highest BCUT2D eigenvalue weighted by atomic mass is 19.1. The minimum atomic E-state index is -0.747. The van der Waals surface area contributed by atoms with E-state index in [4.69, 9.17) is 9.57 Å². The molecule has 0 radical (unpaired) electrons. The maximum atomic E-state index is 13.8. The van der Waals surface area contributed by atoms with E-state index in [-0.39, 0.29) is 24.2 Å². The Balaban J connectivity index is 1.54. The van der Waals surface area contributed by atoms with Gasteiger partial charge in [0.1, 0.15) is 5.82 Å². The summed E-state index contributed by atoms with van der Waals surface area (Å²) in [6.07, 6.45) is -0.877. The van der Waals surface area contributed by atoms with Crippen molar-refractivity contribution in [3.8, 4) is 0 Å². The molecule has 2 amide bonds. The van der Waals surface area contributed by atoms with Crippen molar-refractivity contribution in [2.75, 3.05) is 32.8 Å². The van der Waals surface area contributed by atoms with E-state index in [9.17, 15) is 14.0 Å². The van der Waals surface area contributed by atoms with E-state index in [1.54, 1.807) is 34.9 Å². The summed E-state index contributed by atoms with van der Waals surface area (Å²) in [6, 6.07) is 6.27. The van der Waals surface area contributed by atoms with Crippen LogP contribution in [-0.4, -0.2) is 66.4 Å². The van der Waals surface area contributed by atoms with E-state index in [1.807, 2.05) is 0 Å². The van der Waals surface area contributed by atoms with Crippen molar-refractivity contribution in [3.63, 3.8) is 0 Å². The van der Waals surface area contributed by atoms with Crippen LogP contribution >= 0.6 is 0 Å². The molecule has 134 valence electrons. The molecule has 2 aliphatic rings. The number of rotatable bonds is 3. The number of benzene rings is 1. The van der Waals surface area contributed by atoms with Crippen LogP contribution in [0.1, 0.15) is 18.9 Å². The zero-order valence-electron chi connectivity index (χ0n) is 14.0. The quantitative estimate of drug-likeness (QED) is 0.831. The van der Waals surface area contributed by atoms with Gasteiger partial charge in [-0.2, -0.15) is 0 Å². The molecule has 0 unspecified atom stereocenters. The van der Waals surface area contributed by atoms with E-state index in [2.05, 4.69) is 5.16 Å². The third kappa shape index (κ3) is 3.72. The second-order valence-electron chi connectivity index (χ2n) is 5.83. The Bertz CT molecular complexity index is 686. The summed E-state index contributed by atoms with van der Waals surface area (Å²) in [5, 5.41) is 3.88. The number of carbonyl (C=O) groups excluding carboxylic acids is 2. The van der Waals surface area contributed by atoms with Gasteiger partial charge in [0.15, 0.2) is 0 Å². The molecule has 0 aromatic heterocycles. The molecule has 2 aliphatic heterocycles. The van der Waals surface area contributed by atoms with E-state index < -0.39 is 6.10 Å². The number of oxime groups is 1. The Morgan fingerprint density at radius 2 is 1.92 bits per heavy atom. The Labute approximate surface area is 145 Å². The van der Waals surface area contributed by atoms with E-state index >= 15 is 0 Å². The first-order chi connectivity index (χ1) is 12.1. The van der Waals surface area contributed by atoms with Crippen molar-refractivity contribution in [1.29, 1.82) is 0 Å². The van der Waals surface area contributed by atoms with Crippen LogP contribution in [0, 0.1) is 5.82 Å². The van der Waals surface area contributed by atoms with Crippen molar-refractivity contribution in [2.45, 2.75) is 19.4 Å². The Hall–Kier alpha value is -2.64. The Kier molecular flexibility index (Phi) is 5.16. The lowest BCUT2D eigenvalue weighted by Crippen LogP contribution is -2.53. The molecular formula is C17H20FN3O4. The molecule has 1 saturated heterocycles. The average Bonchev–Trinajstić information content (AvgIpc) is 3.11. The summed E-state index contributed by atoms with van der Waals surface area (Å²) in [5.41, 5.74) is 0.784. The molecular weight excluding hydrogens is 329 g/mol. The molecule has 0 bridgehead atoms. The first-order valence-corrected chi connectivity index (χ1v) is 8.28. The number of ether oxygens (including phenoxy) is 1. The van der Waals surface area contributed by atoms with Crippen molar-refractivity contribution in [2.24, 2.45) is 5.16 Å². The number of halogens is 1. The van der Waals surface area contributed by atoms with Crippen LogP contribution in [0.25, 0.3) is 0 Å². The molecule has 0 spiro atoms. The minimum absolute atomic E-state index is 0.196. The van der Waals surface area contributed by atoms with Crippen LogP contribution in [0.3, 0.4) is 0 Å². The summed E-state index contributed by atoms with van der Waals surface area (Å²) < 4.78 is 18.8. The number of nitrogens with zero attached hydrogens (tertiary/aromatic N) is 3. The summed E-state index contributed by atoms with van der Waals surface area (Å²) in [6.45, 7) is 3.72. The van der Waals surface area contributed by atoms with Crippen molar-refractivity contribution in [1.82, 2.24) is 9.80 Å². The third-order valence-electron chi connectivity index (χ3n) is 4.25. The van der Waals surface area contributed by atoms with Gasteiger partial charge < -0.3 is 19.4 Å². The van der Waals surface area contributed by atoms with Crippen LogP contribution < -0.4 is 0 Å². The lowest BCUT2D eigenvalue weighted by molar-refractivity contribution is -0.143. The monoisotopic (exact) mass is 349 g/mol. The molecule has 0 saturated carbocycles. The van der Waals surface area contributed by atoms with Gasteiger partial charge in [-0.1, -0.05) is 23.4 Å². The van der Waals surface area contributed by atoms with Gasteiger partial charge in [-0.25, -0.2) is 9.18 Å². The first kappa shape index (κ1) is 17.2. The van der Waals surface area contributed by atoms with Crippen molar-refractivity contribution >= 4 is 17.7 Å². The minimum Gasteiger partial charge on any atom is -0.450 e. The SMILES string of the molecule is CCOC(=O)N1CCN(C(=O)[C@H]2CC(c3ccccc3F)=NO2)CC1. The zero-order chi connectivity index (χ0) is 17.8. The summed E-state index contributed by atoms with van der Waals surface area (Å²) in [5.74, 6) is -0.584. The number of piperazine rings is 1. The Morgan fingerprint density at radius 3 is 2.60 bits per heavy atom. The van der Waals surface area contributed by atoms with Crippen LogP contribution in [0.4, 0.5) is 9.18 Å². The van der Waals surface area contributed by atoms with Gasteiger partial charge in [0, 0.05) is 38.2 Å². The second kappa shape index (κ2) is 7.50. The van der Waals surface area contributed by atoms with Gasteiger partial charge in [0.2, 0.25) is 6.10 Å². The van der Waals surface area contributed by atoms with Gasteiger partial charge in [-0.3, -0.25) is 4.79 Å². The topological polar surface area (TPSA) is 71.4 Å². The summed E-state index contributed by atoms with van der Waals surface area (Å²) in [7, 11) is 0. The van der Waals surface area contributed by atoms with Gasteiger partial charge in [0.05, 0.1) is 12.3 Å². The molecule has 1 aromatic rings. The van der Waals surface area contributed by atoms with Crippen molar-refractivity contribution < 1.29 is 23.6 Å². The van der Waals surface area contributed by atoms with Gasteiger partial charge in [-0.05, 0) is 13.0 Å². The van der Waals surface area contributed by atoms with Crippen LogP contribution in [0.2, 0.25) is 0 Å². The summed E-state index contributed by atoms with van der Waals surface area (Å²) in [4.78, 5) is 32.7. The fourth-order valence-corrected chi connectivity index (χ4v) is 2.89. The predicted octanol–water partition coefficient (Wildman–Crippen LogP) is 1.62. The largest absolute Gasteiger partial charge is 0.450 e. The molecule has 0 aliphatic carbocycles. The maximum absolute atomic E-state index is 13.8. The zero-order valence-corrected chi connectivity index (χ0v) is 14.0. The average molecular weight is 349 g/mol. The van der Waals surface area contributed by atoms with Crippen molar-refractivity contribution in [3.05, 3.63) is 35.6 Å². The maximum Gasteiger partial charge on any atom is 0.409 e. The molecule has 0 N–H and O–H groups in total. The van der Waals surface area contributed by atoms with Crippen LogP contribution in [-0.2, 0) is 14.4 Å². The van der Waals surface area contributed by atoms with Crippen LogP contribution in [0.15, 0.2) is 29.4 Å². The fourth-order valence-electron chi connectivity index (χ4n) is 2.89. The second-order valence-corrected chi connectivity index (χ2v) is 5.83. The highest BCUT2D eigenvalue weighted by Gasteiger charge is 2.35. The van der Waals surface area contributed by atoms with Gasteiger partial charge >= 0.3 is 6.09 Å². The number of amides is 2. The normalized spacial score (nSPS) is 20.1. The molecule has 1 atom stereocenters. The van der Waals surface area contributed by atoms with E-state index in [1.165, 1.54) is 6.07 Å². The highest BCUT2D eigenvalue weighted by Crippen LogP contribution is 2.21. The smallest absolute Gasteiger partial charge is 0.409 e. The van der Waals surface area contributed by atoms with Crippen LogP contribution in [0.5, 0.6) is 0 Å². The van der Waals surface area contributed by atoms with E-state index in [0.29, 0.717) is 44.1 Å². The fraction of sp³-hybridized carbons (Fsp3) is 0.471. The van der Waals surface area contributed by atoms with E-state index in [0.717, 1.165) is 0 Å². The molecule has 1 fully saturated rings.